The maximum Gasteiger partial charge on any atom is 0.425 e. The molecule has 0 saturated heterocycles. The molecule has 1 aromatic heterocycles. The van der Waals surface area contributed by atoms with E-state index in [-0.39, 0.29) is 16.3 Å². The average Bonchev–Trinajstić information content (AvgIpc) is 3.62. The van der Waals surface area contributed by atoms with Gasteiger partial charge in [-0.1, -0.05) is 17.7 Å². The molecule has 4 rings (SSSR count). The van der Waals surface area contributed by atoms with Gasteiger partial charge in [0.1, 0.15) is 17.4 Å². The minimum Gasteiger partial charge on any atom is -0.480 e. The Labute approximate surface area is 195 Å². The molecule has 0 unspecified atom stereocenters. The Morgan fingerprint density at radius 2 is 1.88 bits per heavy atom. The lowest BCUT2D eigenvalue weighted by Gasteiger charge is -2.20. The number of benzene rings is 2. The number of carbonyl (C=O) groups excluding carboxylic acids is 1. The standard InChI is InChI=1S/C23H17ClF5N3O2/c1-11(23(27,28)29)34-20-8-13(19-10-30-18(9-31-19)12-5-6-12)17(26)7-14(20)22(33)32-21-15(24)3-2-4-16(21)25/h2-4,7-12H,5-6H2,1H3,(H,32,33)/t11-/m0/s1. The summed E-state index contributed by atoms with van der Waals surface area (Å²) < 4.78 is 73.5. The zero-order valence-electron chi connectivity index (χ0n) is 17.6. The van der Waals surface area contributed by atoms with Crippen molar-refractivity contribution in [2.24, 2.45) is 0 Å². The fourth-order valence-corrected chi connectivity index (χ4v) is 3.36. The summed E-state index contributed by atoms with van der Waals surface area (Å²) >= 11 is 5.90. The molecule has 1 N–H and O–H groups in total. The average molecular weight is 498 g/mol. The predicted molar refractivity (Wildman–Crippen MR) is 115 cm³/mol. The molecule has 1 aliphatic carbocycles. The lowest BCUT2D eigenvalue weighted by atomic mass is 10.1. The van der Waals surface area contributed by atoms with E-state index in [9.17, 15) is 26.7 Å². The number of para-hydroxylation sites is 1. The number of hydrogen-bond donors (Lipinski definition) is 1. The Hall–Kier alpha value is -3.27. The highest BCUT2D eigenvalue weighted by Gasteiger charge is 2.39. The van der Waals surface area contributed by atoms with Crippen molar-refractivity contribution in [3.8, 4) is 17.0 Å². The van der Waals surface area contributed by atoms with Crippen LogP contribution in [0.25, 0.3) is 11.3 Å². The van der Waals surface area contributed by atoms with E-state index in [1.165, 1.54) is 24.5 Å². The van der Waals surface area contributed by atoms with E-state index in [1.54, 1.807) is 0 Å². The number of rotatable bonds is 6. The first-order chi connectivity index (χ1) is 16.0. The molecule has 5 nitrogen and oxygen atoms in total. The summed E-state index contributed by atoms with van der Waals surface area (Å²) in [6, 6.07) is 5.27. The maximum absolute atomic E-state index is 15.0. The Kier molecular flexibility index (Phi) is 6.44. The Morgan fingerprint density at radius 3 is 2.47 bits per heavy atom. The SMILES string of the molecule is C[C@H](Oc1cc(-c2cnc(C3CC3)cn2)c(F)cc1C(=O)Nc1c(F)cccc1Cl)C(F)(F)F. The second-order valence-corrected chi connectivity index (χ2v) is 8.19. The van der Waals surface area contributed by atoms with E-state index in [0.717, 1.165) is 37.6 Å². The number of carbonyl (C=O) groups is 1. The summed E-state index contributed by atoms with van der Waals surface area (Å²) in [6.45, 7) is 0.739. The zero-order valence-corrected chi connectivity index (χ0v) is 18.3. The topological polar surface area (TPSA) is 64.1 Å². The van der Waals surface area contributed by atoms with Crippen LogP contribution in [0.2, 0.25) is 5.02 Å². The molecule has 0 spiro atoms. The van der Waals surface area contributed by atoms with Gasteiger partial charge in [-0.3, -0.25) is 14.8 Å². The summed E-state index contributed by atoms with van der Waals surface area (Å²) in [5, 5.41) is 2.01. The fourth-order valence-electron chi connectivity index (χ4n) is 3.15. The lowest BCUT2D eigenvalue weighted by Crippen LogP contribution is -2.32. The van der Waals surface area contributed by atoms with Gasteiger partial charge in [-0.05, 0) is 44.0 Å². The van der Waals surface area contributed by atoms with Crippen LogP contribution in [-0.2, 0) is 0 Å². The monoisotopic (exact) mass is 497 g/mol. The molecule has 0 aliphatic heterocycles. The second-order valence-electron chi connectivity index (χ2n) is 7.78. The molecular weight excluding hydrogens is 481 g/mol. The van der Waals surface area contributed by atoms with Crippen LogP contribution in [0.1, 0.15) is 41.7 Å². The van der Waals surface area contributed by atoms with Crippen molar-refractivity contribution < 1.29 is 31.5 Å². The summed E-state index contributed by atoms with van der Waals surface area (Å²) in [6.07, 6.45) is -2.34. The third-order valence-electron chi connectivity index (χ3n) is 5.22. The van der Waals surface area contributed by atoms with Gasteiger partial charge in [0.05, 0.1) is 33.9 Å². The number of alkyl halides is 3. The first-order valence-corrected chi connectivity index (χ1v) is 10.6. The number of amides is 1. The van der Waals surface area contributed by atoms with Gasteiger partial charge >= 0.3 is 6.18 Å². The Balaban J connectivity index is 1.73. The van der Waals surface area contributed by atoms with Gasteiger partial charge in [0.15, 0.2) is 6.10 Å². The van der Waals surface area contributed by atoms with Gasteiger partial charge in [-0.2, -0.15) is 13.2 Å². The second kappa shape index (κ2) is 9.17. The third-order valence-corrected chi connectivity index (χ3v) is 5.54. The molecule has 1 saturated carbocycles. The molecule has 34 heavy (non-hydrogen) atoms. The van der Waals surface area contributed by atoms with Crippen molar-refractivity contribution in [1.82, 2.24) is 9.97 Å². The van der Waals surface area contributed by atoms with Crippen LogP contribution < -0.4 is 10.1 Å². The lowest BCUT2D eigenvalue weighted by molar-refractivity contribution is -0.189. The molecule has 1 fully saturated rings. The van der Waals surface area contributed by atoms with Crippen LogP contribution in [0.15, 0.2) is 42.7 Å². The molecule has 1 amide bonds. The molecule has 178 valence electrons. The number of hydrogen-bond acceptors (Lipinski definition) is 4. The predicted octanol–water partition coefficient (Wildman–Crippen LogP) is 6.53. The molecule has 1 heterocycles. The van der Waals surface area contributed by atoms with Crippen molar-refractivity contribution in [1.29, 1.82) is 0 Å². The quantitative estimate of drug-likeness (QED) is 0.393. The van der Waals surface area contributed by atoms with Crippen LogP contribution in [-0.4, -0.2) is 28.2 Å². The van der Waals surface area contributed by atoms with Gasteiger partial charge in [0.25, 0.3) is 5.91 Å². The smallest absolute Gasteiger partial charge is 0.425 e. The van der Waals surface area contributed by atoms with E-state index >= 15 is 0 Å². The third kappa shape index (κ3) is 5.11. The summed E-state index contributed by atoms with van der Waals surface area (Å²) in [4.78, 5) is 21.2. The first-order valence-electron chi connectivity index (χ1n) is 10.2. The zero-order chi connectivity index (χ0) is 24.6. The van der Waals surface area contributed by atoms with Crippen molar-refractivity contribution in [3.63, 3.8) is 0 Å². The molecule has 0 radical (unpaired) electrons. The molecule has 1 aliphatic rings. The van der Waals surface area contributed by atoms with Crippen molar-refractivity contribution >= 4 is 23.2 Å². The molecule has 3 aromatic rings. The van der Waals surface area contributed by atoms with Crippen LogP contribution in [0.4, 0.5) is 27.6 Å². The number of nitrogens with one attached hydrogen (secondary N) is 1. The minimum absolute atomic E-state index is 0.0514. The number of halogens is 6. The van der Waals surface area contributed by atoms with Crippen molar-refractivity contribution in [3.05, 3.63) is 70.6 Å². The highest BCUT2D eigenvalue weighted by Crippen LogP contribution is 2.39. The van der Waals surface area contributed by atoms with Crippen LogP contribution in [0.3, 0.4) is 0 Å². The Bertz CT molecular complexity index is 1210. The van der Waals surface area contributed by atoms with Crippen LogP contribution in [0, 0.1) is 11.6 Å². The van der Waals surface area contributed by atoms with Crippen LogP contribution >= 0.6 is 11.6 Å². The fraction of sp³-hybridized carbons (Fsp3) is 0.261. The van der Waals surface area contributed by atoms with E-state index in [4.69, 9.17) is 16.3 Å². The first kappa shape index (κ1) is 23.9. The van der Waals surface area contributed by atoms with Crippen molar-refractivity contribution in [2.75, 3.05) is 5.32 Å². The van der Waals surface area contributed by atoms with Crippen LogP contribution in [0.5, 0.6) is 5.75 Å². The van der Waals surface area contributed by atoms with E-state index in [1.807, 2.05) is 0 Å². The molecule has 2 aromatic carbocycles. The number of anilines is 1. The Morgan fingerprint density at radius 1 is 1.15 bits per heavy atom. The van der Waals surface area contributed by atoms with Gasteiger partial charge in [-0.25, -0.2) is 8.78 Å². The number of aromatic nitrogens is 2. The summed E-state index contributed by atoms with van der Waals surface area (Å²) in [5.74, 6) is -3.22. The molecule has 1 atom stereocenters. The summed E-state index contributed by atoms with van der Waals surface area (Å²) in [5.41, 5.74) is -0.409. The maximum atomic E-state index is 15.0. The van der Waals surface area contributed by atoms with Gasteiger partial charge in [-0.15, -0.1) is 0 Å². The number of nitrogens with zero attached hydrogens (tertiary/aromatic N) is 2. The molecule has 11 heteroatoms. The van der Waals surface area contributed by atoms with E-state index < -0.39 is 46.8 Å². The normalized spacial score (nSPS) is 14.6. The van der Waals surface area contributed by atoms with Gasteiger partial charge < -0.3 is 10.1 Å². The number of ether oxygens (including phenoxy) is 1. The highest BCUT2D eigenvalue weighted by atomic mass is 35.5. The molecule has 0 bridgehead atoms. The highest BCUT2D eigenvalue weighted by molar-refractivity contribution is 6.34. The van der Waals surface area contributed by atoms with Gasteiger partial charge in [0.2, 0.25) is 0 Å². The summed E-state index contributed by atoms with van der Waals surface area (Å²) in [7, 11) is 0. The van der Waals surface area contributed by atoms with Gasteiger partial charge in [0, 0.05) is 17.7 Å². The molecular formula is C23H17ClF5N3O2. The van der Waals surface area contributed by atoms with E-state index in [2.05, 4.69) is 15.3 Å². The minimum atomic E-state index is -4.76. The van der Waals surface area contributed by atoms with Crippen molar-refractivity contribution in [2.45, 2.75) is 38.0 Å². The largest absolute Gasteiger partial charge is 0.480 e. The van der Waals surface area contributed by atoms with E-state index in [0.29, 0.717) is 12.0 Å².